The molecule has 6 heteroatoms. The summed E-state index contributed by atoms with van der Waals surface area (Å²) in [4.78, 5) is 13.5. The van der Waals surface area contributed by atoms with E-state index in [9.17, 15) is 4.79 Å². The molecular weight excluding hydrogens is 358 g/mol. The number of hydrogen-bond donors (Lipinski definition) is 1. The highest BCUT2D eigenvalue weighted by atomic mass is 32.2. The van der Waals surface area contributed by atoms with Crippen molar-refractivity contribution in [2.45, 2.75) is 37.5 Å². The second-order valence-corrected chi connectivity index (χ2v) is 7.79. The maximum absolute atomic E-state index is 12.6. The van der Waals surface area contributed by atoms with E-state index in [0.717, 1.165) is 29.1 Å². The average molecular weight is 379 g/mol. The Morgan fingerprint density at radius 1 is 1.11 bits per heavy atom. The van der Waals surface area contributed by atoms with Crippen LogP contribution in [0, 0.1) is 0 Å². The Bertz CT molecular complexity index is 968. The minimum absolute atomic E-state index is 0.115. The number of nitrogens with zero attached hydrogens (tertiary/aromatic N) is 2. The maximum Gasteiger partial charge on any atom is 0.322 e. The number of hydrogen-bond acceptors (Lipinski definition) is 5. The third-order valence-corrected chi connectivity index (χ3v) is 5.63. The van der Waals surface area contributed by atoms with Gasteiger partial charge in [0.15, 0.2) is 0 Å². The van der Waals surface area contributed by atoms with Crippen LogP contribution in [-0.2, 0) is 12.8 Å². The summed E-state index contributed by atoms with van der Waals surface area (Å²) in [6.07, 6.45) is 4.69. The number of carbonyl (C=O) groups is 1. The number of amides is 1. The van der Waals surface area contributed by atoms with Crippen LogP contribution in [0.3, 0.4) is 0 Å². The normalized spacial score (nSPS) is 13.2. The van der Waals surface area contributed by atoms with Gasteiger partial charge in [-0.15, -0.1) is 16.9 Å². The Balaban J connectivity index is 1.52. The van der Waals surface area contributed by atoms with Gasteiger partial charge in [-0.1, -0.05) is 30.2 Å². The summed E-state index contributed by atoms with van der Waals surface area (Å²) in [5.41, 5.74) is 4.26. The Kier molecular flexibility index (Phi) is 5.25. The van der Waals surface area contributed by atoms with Crippen molar-refractivity contribution in [3.8, 4) is 11.5 Å². The van der Waals surface area contributed by atoms with E-state index >= 15 is 0 Å². The fourth-order valence-electron chi connectivity index (χ4n) is 3.36. The van der Waals surface area contributed by atoms with Crippen molar-refractivity contribution in [3.05, 3.63) is 59.2 Å². The molecular formula is C21H21N3O2S. The minimum Gasteiger partial charge on any atom is -0.403 e. The third kappa shape index (κ3) is 3.90. The first-order valence-electron chi connectivity index (χ1n) is 9.23. The van der Waals surface area contributed by atoms with Crippen molar-refractivity contribution < 1.29 is 9.21 Å². The van der Waals surface area contributed by atoms with Gasteiger partial charge in [0.05, 0.1) is 5.56 Å². The summed E-state index contributed by atoms with van der Waals surface area (Å²) in [7, 11) is 0. The SMILES string of the molecule is CCSc1ccccc1C(=O)Nc1nnc(-c2ccc3c(c2)CCCC3)o1. The summed E-state index contributed by atoms with van der Waals surface area (Å²) >= 11 is 1.63. The topological polar surface area (TPSA) is 68.0 Å². The minimum atomic E-state index is -0.243. The second-order valence-electron chi connectivity index (χ2n) is 6.49. The zero-order valence-corrected chi connectivity index (χ0v) is 16.0. The van der Waals surface area contributed by atoms with Gasteiger partial charge in [-0.05, 0) is 66.8 Å². The molecule has 0 saturated heterocycles. The summed E-state index contributed by atoms with van der Waals surface area (Å²) < 4.78 is 5.69. The monoisotopic (exact) mass is 379 g/mol. The lowest BCUT2D eigenvalue weighted by atomic mass is 9.90. The predicted molar refractivity (Wildman–Crippen MR) is 107 cm³/mol. The molecule has 1 aliphatic carbocycles. The van der Waals surface area contributed by atoms with E-state index < -0.39 is 0 Å². The van der Waals surface area contributed by atoms with Crippen LogP contribution in [0.2, 0.25) is 0 Å². The lowest BCUT2D eigenvalue weighted by molar-refractivity contribution is 0.102. The first-order chi connectivity index (χ1) is 13.2. The zero-order chi connectivity index (χ0) is 18.6. The molecule has 1 heterocycles. The number of aromatic nitrogens is 2. The predicted octanol–water partition coefficient (Wildman–Crippen LogP) is 4.98. The molecule has 5 nitrogen and oxygen atoms in total. The van der Waals surface area contributed by atoms with Gasteiger partial charge in [0.2, 0.25) is 5.89 Å². The molecule has 1 N–H and O–H groups in total. The van der Waals surface area contributed by atoms with Gasteiger partial charge < -0.3 is 4.42 Å². The number of benzene rings is 2. The molecule has 0 atom stereocenters. The molecule has 0 fully saturated rings. The Morgan fingerprint density at radius 2 is 1.93 bits per heavy atom. The molecule has 4 rings (SSSR count). The number of rotatable bonds is 5. The fraction of sp³-hybridized carbons (Fsp3) is 0.286. The molecule has 2 aromatic carbocycles. The van der Waals surface area contributed by atoms with Crippen LogP contribution in [-0.4, -0.2) is 21.9 Å². The lowest BCUT2D eigenvalue weighted by Gasteiger charge is -2.15. The second kappa shape index (κ2) is 7.96. The van der Waals surface area contributed by atoms with Crippen LogP contribution in [0.5, 0.6) is 0 Å². The van der Waals surface area contributed by atoms with E-state index in [1.54, 1.807) is 17.8 Å². The molecule has 0 radical (unpaired) electrons. The van der Waals surface area contributed by atoms with Crippen molar-refractivity contribution in [2.75, 3.05) is 11.1 Å². The van der Waals surface area contributed by atoms with Crippen LogP contribution in [0.15, 0.2) is 51.8 Å². The largest absolute Gasteiger partial charge is 0.403 e. The quantitative estimate of drug-likeness (QED) is 0.633. The van der Waals surface area contributed by atoms with E-state index in [-0.39, 0.29) is 11.9 Å². The first kappa shape index (κ1) is 17.8. The first-order valence-corrected chi connectivity index (χ1v) is 10.2. The summed E-state index contributed by atoms with van der Waals surface area (Å²) in [5, 5.41) is 10.8. The summed E-state index contributed by atoms with van der Waals surface area (Å²) in [5.74, 6) is 1.08. The lowest BCUT2D eigenvalue weighted by Crippen LogP contribution is -2.13. The van der Waals surface area contributed by atoms with Crippen molar-refractivity contribution in [1.82, 2.24) is 10.2 Å². The highest BCUT2D eigenvalue weighted by Gasteiger charge is 2.17. The zero-order valence-electron chi connectivity index (χ0n) is 15.2. The van der Waals surface area contributed by atoms with Crippen molar-refractivity contribution >= 4 is 23.7 Å². The smallest absolute Gasteiger partial charge is 0.322 e. The fourth-order valence-corrected chi connectivity index (χ4v) is 4.16. The van der Waals surface area contributed by atoms with Crippen molar-refractivity contribution in [2.24, 2.45) is 0 Å². The maximum atomic E-state index is 12.6. The highest BCUT2D eigenvalue weighted by molar-refractivity contribution is 7.99. The Hall–Kier alpha value is -2.60. The van der Waals surface area contributed by atoms with E-state index in [2.05, 4.69) is 34.6 Å². The molecule has 1 aromatic heterocycles. The average Bonchev–Trinajstić information content (AvgIpc) is 3.16. The standard InChI is InChI=1S/C21H21N3O2S/c1-2-27-18-10-6-5-9-17(18)19(25)22-21-24-23-20(26-21)16-12-11-14-7-3-4-8-15(14)13-16/h5-6,9-13H,2-4,7-8H2,1H3,(H,22,24,25). The van der Waals surface area contributed by atoms with E-state index in [1.807, 2.05) is 24.3 Å². The number of aryl methyl sites for hydroxylation is 2. The molecule has 0 bridgehead atoms. The van der Waals surface area contributed by atoms with E-state index in [4.69, 9.17) is 4.42 Å². The van der Waals surface area contributed by atoms with Gasteiger partial charge in [-0.25, -0.2) is 0 Å². The van der Waals surface area contributed by atoms with Crippen LogP contribution >= 0.6 is 11.8 Å². The Morgan fingerprint density at radius 3 is 2.78 bits per heavy atom. The molecule has 0 saturated carbocycles. The number of anilines is 1. The van der Waals surface area contributed by atoms with E-state index in [1.165, 1.54) is 24.0 Å². The third-order valence-electron chi connectivity index (χ3n) is 4.67. The van der Waals surface area contributed by atoms with Gasteiger partial charge in [-0.3, -0.25) is 10.1 Å². The molecule has 0 aliphatic heterocycles. The van der Waals surface area contributed by atoms with E-state index in [0.29, 0.717) is 11.5 Å². The van der Waals surface area contributed by atoms with Gasteiger partial charge in [0, 0.05) is 10.5 Å². The summed E-state index contributed by atoms with van der Waals surface area (Å²) in [6.45, 7) is 2.06. The van der Waals surface area contributed by atoms with Gasteiger partial charge in [0.1, 0.15) is 0 Å². The molecule has 138 valence electrons. The van der Waals surface area contributed by atoms with Crippen LogP contribution in [0.1, 0.15) is 41.3 Å². The molecule has 0 unspecified atom stereocenters. The highest BCUT2D eigenvalue weighted by Crippen LogP contribution is 2.28. The molecule has 27 heavy (non-hydrogen) atoms. The number of nitrogens with one attached hydrogen (secondary N) is 1. The number of fused-ring (bicyclic) bond motifs is 1. The number of carbonyl (C=O) groups excluding carboxylic acids is 1. The van der Waals surface area contributed by atoms with Crippen LogP contribution in [0.4, 0.5) is 6.01 Å². The van der Waals surface area contributed by atoms with Crippen molar-refractivity contribution in [1.29, 1.82) is 0 Å². The molecule has 1 aliphatic rings. The van der Waals surface area contributed by atoms with Gasteiger partial charge >= 0.3 is 6.01 Å². The molecule has 1 amide bonds. The Labute approximate surface area is 162 Å². The van der Waals surface area contributed by atoms with Crippen LogP contribution in [0.25, 0.3) is 11.5 Å². The van der Waals surface area contributed by atoms with Gasteiger partial charge in [-0.2, -0.15) is 0 Å². The van der Waals surface area contributed by atoms with Crippen molar-refractivity contribution in [3.63, 3.8) is 0 Å². The molecule has 3 aromatic rings. The molecule has 0 spiro atoms. The summed E-state index contributed by atoms with van der Waals surface area (Å²) in [6, 6.07) is 13.9. The van der Waals surface area contributed by atoms with Gasteiger partial charge in [0.25, 0.3) is 5.91 Å². The van der Waals surface area contributed by atoms with Crippen LogP contribution < -0.4 is 5.32 Å². The number of thioether (sulfide) groups is 1.